The van der Waals surface area contributed by atoms with Crippen LogP contribution < -0.4 is 0 Å². The van der Waals surface area contributed by atoms with E-state index in [0.717, 1.165) is 27.8 Å². The lowest BCUT2D eigenvalue weighted by atomic mass is 10.1. The molecule has 0 spiro atoms. The summed E-state index contributed by atoms with van der Waals surface area (Å²) in [5.41, 5.74) is 1.53. The van der Waals surface area contributed by atoms with Gasteiger partial charge in [-0.2, -0.15) is 0 Å². The Balaban J connectivity index is 1.79. The molecular weight excluding hydrogens is 474 g/mol. The van der Waals surface area contributed by atoms with Gasteiger partial charge in [0.25, 0.3) is 0 Å². The molecule has 0 saturated heterocycles. The number of rotatable bonds is 7. The van der Waals surface area contributed by atoms with Crippen molar-refractivity contribution in [2.75, 3.05) is 0 Å². The molecule has 3 heterocycles. The van der Waals surface area contributed by atoms with Crippen molar-refractivity contribution in [2.45, 2.75) is 44.6 Å². The number of para-hydroxylation sites is 1. The van der Waals surface area contributed by atoms with Gasteiger partial charge in [-0.25, -0.2) is 27.2 Å². The molecule has 0 unspecified atom stereocenters. The fraction of sp³-hybridized carbons (Fsp3) is 0.292. The highest BCUT2D eigenvalue weighted by atomic mass is 32.2. The quantitative estimate of drug-likeness (QED) is 0.378. The molecule has 0 fully saturated rings. The lowest BCUT2D eigenvalue weighted by Gasteiger charge is -2.19. The van der Waals surface area contributed by atoms with Gasteiger partial charge in [0.15, 0.2) is 21.5 Å². The number of aromatic nitrogens is 6. The number of hydrogen-bond donors (Lipinski definition) is 0. The number of pyridine rings is 1. The number of halogens is 2. The van der Waals surface area contributed by atoms with Crippen LogP contribution in [0.1, 0.15) is 42.5 Å². The highest BCUT2D eigenvalue weighted by Gasteiger charge is 2.33. The van der Waals surface area contributed by atoms with E-state index >= 15 is 0 Å². The SMILES string of the molecule is Cc1cnc([C@H](C)[C@@H](C)S(=O)(=O)Cc2nnc(-c3cc(C)ccn3)n2-c2c(F)cccc2F)nc1. The molecule has 0 N–H and O–H groups in total. The predicted octanol–water partition coefficient (Wildman–Crippen LogP) is 4.12. The van der Waals surface area contributed by atoms with E-state index in [1.165, 1.54) is 12.3 Å². The highest BCUT2D eigenvalue weighted by molar-refractivity contribution is 7.91. The number of nitrogens with zero attached hydrogens (tertiary/aromatic N) is 6. The Morgan fingerprint density at radius 2 is 1.60 bits per heavy atom. The molecular formula is C24H24F2N6O2S. The van der Waals surface area contributed by atoms with Gasteiger partial charge in [0, 0.05) is 24.5 Å². The average molecular weight is 499 g/mol. The molecule has 0 aliphatic heterocycles. The Morgan fingerprint density at radius 1 is 0.943 bits per heavy atom. The summed E-state index contributed by atoms with van der Waals surface area (Å²) in [5, 5.41) is 7.19. The number of hydrogen-bond acceptors (Lipinski definition) is 7. The lowest BCUT2D eigenvalue weighted by Crippen LogP contribution is -2.27. The number of sulfone groups is 1. The fourth-order valence-corrected chi connectivity index (χ4v) is 5.20. The third kappa shape index (κ3) is 4.95. The van der Waals surface area contributed by atoms with Crippen molar-refractivity contribution in [3.8, 4) is 17.2 Å². The van der Waals surface area contributed by atoms with Crippen LogP contribution in [0.25, 0.3) is 17.2 Å². The number of benzene rings is 1. The van der Waals surface area contributed by atoms with Gasteiger partial charge in [-0.3, -0.25) is 9.55 Å². The number of aryl methyl sites for hydroxylation is 2. The summed E-state index contributed by atoms with van der Waals surface area (Å²) in [6.45, 7) is 6.94. The molecule has 35 heavy (non-hydrogen) atoms. The Hall–Kier alpha value is -3.60. The van der Waals surface area contributed by atoms with Gasteiger partial charge in [0.05, 0.1) is 5.25 Å². The minimum absolute atomic E-state index is 0.0328. The van der Waals surface area contributed by atoms with Gasteiger partial charge in [0.1, 0.15) is 34.6 Å². The Kier molecular flexibility index (Phi) is 6.70. The van der Waals surface area contributed by atoms with Crippen LogP contribution in [-0.4, -0.2) is 43.4 Å². The first-order valence-electron chi connectivity index (χ1n) is 10.9. The van der Waals surface area contributed by atoms with E-state index < -0.39 is 44.1 Å². The Morgan fingerprint density at radius 3 is 2.23 bits per heavy atom. The molecule has 0 aliphatic rings. The minimum atomic E-state index is -3.87. The van der Waals surface area contributed by atoms with Crippen LogP contribution in [0.4, 0.5) is 8.78 Å². The third-order valence-electron chi connectivity index (χ3n) is 5.84. The summed E-state index contributed by atoms with van der Waals surface area (Å²) in [4.78, 5) is 12.7. The molecule has 3 aromatic heterocycles. The maximum absolute atomic E-state index is 14.8. The van der Waals surface area contributed by atoms with E-state index in [1.54, 1.807) is 38.4 Å². The second-order valence-electron chi connectivity index (χ2n) is 8.48. The predicted molar refractivity (Wildman–Crippen MR) is 127 cm³/mol. The monoisotopic (exact) mass is 498 g/mol. The summed E-state index contributed by atoms with van der Waals surface area (Å²) in [6, 6.07) is 6.84. The van der Waals surface area contributed by atoms with Gasteiger partial charge in [-0.15, -0.1) is 10.2 Å². The average Bonchev–Trinajstić information content (AvgIpc) is 3.21. The second kappa shape index (κ2) is 9.57. The Labute approximate surface area is 202 Å². The smallest absolute Gasteiger partial charge is 0.187 e. The van der Waals surface area contributed by atoms with Gasteiger partial charge in [-0.1, -0.05) is 13.0 Å². The summed E-state index contributed by atoms with van der Waals surface area (Å²) in [7, 11) is -3.87. The second-order valence-corrected chi connectivity index (χ2v) is 10.8. The zero-order valence-electron chi connectivity index (χ0n) is 19.6. The van der Waals surface area contributed by atoms with E-state index in [0.29, 0.717) is 11.5 Å². The van der Waals surface area contributed by atoms with E-state index in [4.69, 9.17) is 0 Å². The van der Waals surface area contributed by atoms with Gasteiger partial charge in [0.2, 0.25) is 0 Å². The van der Waals surface area contributed by atoms with Gasteiger partial charge >= 0.3 is 0 Å². The van der Waals surface area contributed by atoms with E-state index in [1.807, 2.05) is 13.8 Å². The fourth-order valence-electron chi connectivity index (χ4n) is 3.64. The van der Waals surface area contributed by atoms with Crippen molar-refractivity contribution in [1.29, 1.82) is 0 Å². The normalized spacial score (nSPS) is 13.5. The Bertz CT molecular complexity index is 1450. The molecule has 2 atom stereocenters. The van der Waals surface area contributed by atoms with Crippen molar-refractivity contribution < 1.29 is 17.2 Å². The topological polar surface area (TPSA) is 104 Å². The molecule has 0 amide bonds. The highest BCUT2D eigenvalue weighted by Crippen LogP contribution is 2.29. The zero-order chi connectivity index (χ0) is 25.3. The van der Waals surface area contributed by atoms with Gasteiger partial charge in [-0.05, 0) is 56.2 Å². The van der Waals surface area contributed by atoms with Crippen molar-refractivity contribution >= 4 is 9.84 Å². The zero-order valence-corrected chi connectivity index (χ0v) is 20.5. The van der Waals surface area contributed by atoms with Crippen molar-refractivity contribution in [1.82, 2.24) is 29.7 Å². The van der Waals surface area contributed by atoms with Crippen LogP contribution >= 0.6 is 0 Å². The minimum Gasteiger partial charge on any atom is -0.271 e. The maximum Gasteiger partial charge on any atom is 0.187 e. The van der Waals surface area contributed by atoms with E-state index in [2.05, 4.69) is 25.1 Å². The maximum atomic E-state index is 14.8. The van der Waals surface area contributed by atoms with Crippen LogP contribution in [0.5, 0.6) is 0 Å². The van der Waals surface area contributed by atoms with Crippen LogP contribution in [0, 0.1) is 25.5 Å². The van der Waals surface area contributed by atoms with Crippen LogP contribution in [0.3, 0.4) is 0 Å². The van der Waals surface area contributed by atoms with Crippen LogP contribution in [0.2, 0.25) is 0 Å². The summed E-state index contributed by atoms with van der Waals surface area (Å²) < 4.78 is 57.6. The van der Waals surface area contributed by atoms with Crippen molar-refractivity contribution in [2.24, 2.45) is 0 Å². The lowest BCUT2D eigenvalue weighted by molar-refractivity contribution is 0.555. The molecule has 182 valence electrons. The molecule has 4 rings (SSSR count). The molecule has 0 saturated carbocycles. The van der Waals surface area contributed by atoms with E-state index in [9.17, 15) is 17.2 Å². The van der Waals surface area contributed by atoms with Crippen LogP contribution in [0.15, 0.2) is 48.9 Å². The first kappa shape index (κ1) is 24.5. The van der Waals surface area contributed by atoms with Crippen molar-refractivity contribution in [3.05, 3.63) is 83.3 Å². The molecule has 11 heteroatoms. The molecule has 8 nitrogen and oxygen atoms in total. The van der Waals surface area contributed by atoms with Crippen molar-refractivity contribution in [3.63, 3.8) is 0 Å². The van der Waals surface area contributed by atoms with E-state index in [-0.39, 0.29) is 11.6 Å². The largest absolute Gasteiger partial charge is 0.271 e. The molecule has 0 aliphatic carbocycles. The summed E-state index contributed by atoms with van der Waals surface area (Å²) >= 11 is 0. The molecule has 0 radical (unpaired) electrons. The van der Waals surface area contributed by atoms with Gasteiger partial charge < -0.3 is 0 Å². The summed E-state index contributed by atoms with van der Waals surface area (Å²) in [5.74, 6) is -2.60. The summed E-state index contributed by atoms with van der Waals surface area (Å²) in [6.07, 6.45) is 4.77. The molecule has 1 aromatic carbocycles. The third-order valence-corrected chi connectivity index (χ3v) is 8.05. The molecule has 0 bridgehead atoms. The standard InChI is InChI=1S/C24H24F2N6O2S/c1-14-8-9-27-20(10-14)24-31-30-21(32(24)22-18(25)6-5-7-19(22)26)13-35(33,34)17(4)16(3)23-28-11-15(2)12-29-23/h5-12,16-17H,13H2,1-4H3/t16-,17-/m1/s1. The first-order valence-corrected chi connectivity index (χ1v) is 12.6. The molecule has 4 aromatic rings. The first-order chi connectivity index (χ1) is 16.6. The van der Waals surface area contributed by atoms with Crippen LogP contribution in [-0.2, 0) is 15.6 Å².